The Balaban J connectivity index is 1.57. The lowest BCUT2D eigenvalue weighted by molar-refractivity contribution is -0.119. The molecule has 0 bridgehead atoms. The monoisotopic (exact) mass is 440 g/mol. The van der Waals surface area contributed by atoms with Crippen LogP contribution in [0.3, 0.4) is 0 Å². The van der Waals surface area contributed by atoms with Crippen LogP contribution in [0.2, 0.25) is 5.02 Å². The Morgan fingerprint density at radius 1 is 1.10 bits per heavy atom. The van der Waals surface area contributed by atoms with Crippen LogP contribution >= 0.6 is 11.6 Å². The predicted molar refractivity (Wildman–Crippen MR) is 105 cm³/mol. The Morgan fingerprint density at radius 2 is 1.76 bits per heavy atom. The number of carbonyl (C=O) groups excluding carboxylic acids is 2. The van der Waals surface area contributed by atoms with E-state index in [1.54, 1.807) is 0 Å². The van der Waals surface area contributed by atoms with Gasteiger partial charge in [-0.3, -0.25) is 4.79 Å². The van der Waals surface area contributed by atoms with E-state index in [0.717, 1.165) is 18.9 Å². The number of sulfonamides is 1. The maximum Gasteiger partial charge on any atom is 0.338 e. The van der Waals surface area contributed by atoms with E-state index in [1.165, 1.54) is 40.7 Å². The van der Waals surface area contributed by atoms with Gasteiger partial charge in [-0.25, -0.2) is 17.6 Å². The van der Waals surface area contributed by atoms with Crippen LogP contribution in [-0.4, -0.2) is 44.3 Å². The van der Waals surface area contributed by atoms with Crippen LogP contribution in [0.1, 0.15) is 23.2 Å². The Bertz CT molecular complexity index is 1020. The van der Waals surface area contributed by atoms with E-state index in [1.807, 2.05) is 0 Å². The maximum absolute atomic E-state index is 13.7. The lowest BCUT2D eigenvalue weighted by atomic mass is 10.2. The number of nitrogens with one attached hydrogen (secondary N) is 1. The molecule has 1 amide bonds. The second-order valence-electron chi connectivity index (χ2n) is 6.38. The van der Waals surface area contributed by atoms with Gasteiger partial charge in [-0.1, -0.05) is 11.6 Å². The molecule has 1 saturated heterocycles. The first-order valence-electron chi connectivity index (χ1n) is 8.79. The number of anilines is 1. The van der Waals surface area contributed by atoms with Gasteiger partial charge in [-0.2, -0.15) is 4.31 Å². The summed E-state index contributed by atoms with van der Waals surface area (Å²) in [6.07, 6.45) is 1.65. The van der Waals surface area contributed by atoms with Crippen molar-refractivity contribution in [3.63, 3.8) is 0 Å². The van der Waals surface area contributed by atoms with Gasteiger partial charge in [-0.05, 0) is 55.3 Å². The fourth-order valence-corrected chi connectivity index (χ4v) is 4.51. The summed E-state index contributed by atoms with van der Waals surface area (Å²) in [5.74, 6) is -2.25. The molecule has 29 heavy (non-hydrogen) atoms. The predicted octanol–water partition coefficient (Wildman–Crippen LogP) is 3.06. The average molecular weight is 441 g/mol. The van der Waals surface area contributed by atoms with Crippen LogP contribution in [0.25, 0.3) is 0 Å². The zero-order valence-electron chi connectivity index (χ0n) is 15.2. The zero-order valence-corrected chi connectivity index (χ0v) is 16.8. The largest absolute Gasteiger partial charge is 0.452 e. The first-order valence-corrected chi connectivity index (χ1v) is 10.6. The number of benzene rings is 2. The number of halogens is 2. The van der Waals surface area contributed by atoms with Gasteiger partial charge in [0.15, 0.2) is 6.61 Å². The third kappa shape index (κ3) is 5.11. The van der Waals surface area contributed by atoms with E-state index >= 15 is 0 Å². The molecule has 0 saturated carbocycles. The number of nitrogens with zero attached hydrogens (tertiary/aromatic N) is 1. The minimum atomic E-state index is -3.58. The molecule has 10 heteroatoms. The van der Waals surface area contributed by atoms with Crippen LogP contribution in [-0.2, 0) is 19.6 Å². The molecule has 0 radical (unpaired) electrons. The van der Waals surface area contributed by atoms with E-state index < -0.39 is 34.3 Å². The molecule has 2 aromatic rings. The highest BCUT2D eigenvalue weighted by Gasteiger charge is 2.27. The Kier molecular flexibility index (Phi) is 6.51. The van der Waals surface area contributed by atoms with Crippen molar-refractivity contribution in [1.82, 2.24) is 4.31 Å². The number of ether oxygens (including phenoxy) is 1. The van der Waals surface area contributed by atoms with E-state index in [9.17, 15) is 22.4 Å². The topological polar surface area (TPSA) is 92.8 Å². The van der Waals surface area contributed by atoms with E-state index in [4.69, 9.17) is 16.3 Å². The third-order valence-corrected chi connectivity index (χ3v) is 6.48. The van der Waals surface area contributed by atoms with Crippen LogP contribution in [0.15, 0.2) is 47.4 Å². The Hall–Kier alpha value is -2.49. The van der Waals surface area contributed by atoms with Gasteiger partial charge in [0.05, 0.1) is 16.1 Å². The first-order chi connectivity index (χ1) is 13.8. The van der Waals surface area contributed by atoms with Gasteiger partial charge in [0, 0.05) is 18.1 Å². The molecule has 2 aromatic carbocycles. The van der Waals surface area contributed by atoms with Gasteiger partial charge in [0.1, 0.15) is 5.82 Å². The van der Waals surface area contributed by atoms with Crippen LogP contribution < -0.4 is 5.32 Å². The molecule has 1 N–H and O–H groups in total. The smallest absolute Gasteiger partial charge is 0.338 e. The maximum atomic E-state index is 13.7. The second kappa shape index (κ2) is 8.89. The van der Waals surface area contributed by atoms with Crippen molar-refractivity contribution in [2.75, 3.05) is 25.0 Å². The molecule has 0 aliphatic carbocycles. The lowest BCUT2D eigenvalue weighted by Crippen LogP contribution is -2.27. The zero-order chi connectivity index (χ0) is 21.0. The minimum absolute atomic E-state index is 0.0897. The summed E-state index contributed by atoms with van der Waals surface area (Å²) in [5.41, 5.74) is 0.00256. The van der Waals surface area contributed by atoms with Gasteiger partial charge < -0.3 is 10.1 Å². The summed E-state index contributed by atoms with van der Waals surface area (Å²) in [7, 11) is -3.58. The second-order valence-corrected chi connectivity index (χ2v) is 8.76. The summed E-state index contributed by atoms with van der Waals surface area (Å²) >= 11 is 5.64. The van der Waals surface area contributed by atoms with Crippen molar-refractivity contribution in [3.8, 4) is 0 Å². The van der Waals surface area contributed by atoms with Crippen molar-refractivity contribution < 1.29 is 27.1 Å². The van der Waals surface area contributed by atoms with E-state index in [-0.39, 0.29) is 21.2 Å². The molecule has 1 aliphatic heterocycles. The summed E-state index contributed by atoms with van der Waals surface area (Å²) in [6.45, 7) is 0.333. The van der Waals surface area contributed by atoms with Gasteiger partial charge in [-0.15, -0.1) is 0 Å². The van der Waals surface area contributed by atoms with Crippen molar-refractivity contribution in [3.05, 3.63) is 58.9 Å². The molecule has 0 unspecified atom stereocenters. The molecule has 0 aromatic heterocycles. The Morgan fingerprint density at radius 3 is 2.38 bits per heavy atom. The highest BCUT2D eigenvalue weighted by molar-refractivity contribution is 7.89. The summed E-state index contributed by atoms with van der Waals surface area (Å²) in [5, 5.41) is 2.45. The van der Waals surface area contributed by atoms with Crippen molar-refractivity contribution in [2.24, 2.45) is 0 Å². The third-order valence-electron chi connectivity index (χ3n) is 4.33. The minimum Gasteiger partial charge on any atom is -0.452 e. The molecule has 0 spiro atoms. The number of hydrogen-bond donors (Lipinski definition) is 1. The van der Waals surface area contributed by atoms with Gasteiger partial charge in [0.25, 0.3) is 5.91 Å². The number of carbonyl (C=O) groups is 2. The number of esters is 1. The standard InChI is InChI=1S/C19H18ClFN2O5S/c20-14-5-8-17(16(21)11-14)22-18(24)12-28-19(25)13-3-6-15(7-4-13)29(26,27)23-9-1-2-10-23/h3-8,11H,1-2,9-10,12H2,(H,22,24). The van der Waals surface area contributed by atoms with E-state index in [0.29, 0.717) is 13.1 Å². The summed E-state index contributed by atoms with van der Waals surface area (Å²) in [4.78, 5) is 24.0. The molecular weight excluding hydrogens is 423 g/mol. The number of amides is 1. The van der Waals surface area contributed by atoms with Crippen molar-refractivity contribution in [1.29, 1.82) is 0 Å². The average Bonchev–Trinajstić information content (AvgIpc) is 3.24. The highest BCUT2D eigenvalue weighted by atomic mass is 35.5. The van der Waals surface area contributed by atoms with Crippen LogP contribution in [0.5, 0.6) is 0 Å². The molecule has 1 aliphatic rings. The lowest BCUT2D eigenvalue weighted by Gasteiger charge is -2.15. The molecule has 0 atom stereocenters. The highest BCUT2D eigenvalue weighted by Crippen LogP contribution is 2.21. The van der Waals surface area contributed by atoms with Crippen LogP contribution in [0, 0.1) is 5.82 Å². The van der Waals surface area contributed by atoms with Gasteiger partial charge in [0.2, 0.25) is 10.0 Å². The first kappa shape index (κ1) is 21.2. The van der Waals surface area contributed by atoms with Crippen LogP contribution in [0.4, 0.5) is 10.1 Å². The quantitative estimate of drug-likeness (QED) is 0.697. The molecular formula is C19H18ClFN2O5S. The molecule has 7 nitrogen and oxygen atoms in total. The van der Waals surface area contributed by atoms with Crippen molar-refractivity contribution >= 4 is 39.2 Å². The summed E-state index contributed by atoms with van der Waals surface area (Å²) in [6, 6.07) is 9.03. The van der Waals surface area contributed by atoms with Crippen molar-refractivity contribution in [2.45, 2.75) is 17.7 Å². The number of rotatable bonds is 6. The SMILES string of the molecule is O=C(COC(=O)c1ccc(S(=O)(=O)N2CCCC2)cc1)Nc1ccc(Cl)cc1F. The normalized spacial score (nSPS) is 14.6. The summed E-state index contributed by atoms with van der Waals surface area (Å²) < 4.78 is 44.9. The molecule has 3 rings (SSSR count). The van der Waals surface area contributed by atoms with E-state index in [2.05, 4.69) is 5.32 Å². The molecule has 154 valence electrons. The Labute approximate surface area is 172 Å². The van der Waals surface area contributed by atoms with Gasteiger partial charge >= 0.3 is 5.97 Å². The molecule has 1 heterocycles. The molecule has 1 fully saturated rings. The fourth-order valence-electron chi connectivity index (χ4n) is 2.83. The number of hydrogen-bond acceptors (Lipinski definition) is 5. The fraction of sp³-hybridized carbons (Fsp3) is 0.263.